The van der Waals surface area contributed by atoms with E-state index in [2.05, 4.69) is 45.0 Å². The van der Waals surface area contributed by atoms with Crippen LogP contribution in [-0.4, -0.2) is 102 Å². The Kier molecular flexibility index (Phi) is 40.6. The van der Waals surface area contributed by atoms with Crippen LogP contribution in [0.2, 0.25) is 0 Å². The van der Waals surface area contributed by atoms with Gasteiger partial charge < -0.3 is 38.6 Å². The molecule has 1 saturated heterocycles. The summed E-state index contributed by atoms with van der Waals surface area (Å²) in [4.78, 5) is 27.3. The summed E-state index contributed by atoms with van der Waals surface area (Å²) in [5.41, 5.74) is 0. The van der Waals surface area contributed by atoms with Crippen LogP contribution in [0.25, 0.3) is 0 Å². The molecule has 0 spiro atoms. The SMILES string of the molecule is CCCCCOC(CCCCC(=O)OCCCCCC(CCCCCOC(=O)CCCCC(OCCCCC)OCCCCC)NCC1CCN(C)CC1)OCCCCC. The number of likely N-dealkylation sites (tertiary alicyclic amines) is 1. The first-order valence-electron chi connectivity index (χ1n) is 25.6. The van der Waals surface area contributed by atoms with Crippen LogP contribution in [0.15, 0.2) is 0 Å². The molecule has 0 unspecified atom stereocenters. The van der Waals surface area contributed by atoms with Crippen LogP contribution in [0.4, 0.5) is 0 Å². The van der Waals surface area contributed by atoms with Crippen molar-refractivity contribution in [3.8, 4) is 0 Å². The van der Waals surface area contributed by atoms with E-state index < -0.39 is 0 Å². The van der Waals surface area contributed by atoms with Crippen LogP contribution in [0.3, 0.4) is 0 Å². The number of ether oxygens (including phenoxy) is 6. The molecule has 0 atom stereocenters. The summed E-state index contributed by atoms with van der Waals surface area (Å²) in [5.74, 6) is 0.587. The van der Waals surface area contributed by atoms with Gasteiger partial charge in [-0.2, -0.15) is 0 Å². The van der Waals surface area contributed by atoms with Gasteiger partial charge in [-0.1, -0.05) is 105 Å². The molecule has 10 nitrogen and oxygen atoms in total. The third-order valence-electron chi connectivity index (χ3n) is 11.8. The Labute approximate surface area is 370 Å². The summed E-state index contributed by atoms with van der Waals surface area (Å²) in [5, 5.41) is 3.94. The third-order valence-corrected chi connectivity index (χ3v) is 11.8. The molecule has 0 aliphatic carbocycles. The second-order valence-corrected chi connectivity index (χ2v) is 17.7. The van der Waals surface area contributed by atoms with E-state index in [-0.39, 0.29) is 24.5 Å². The van der Waals surface area contributed by atoms with E-state index in [0.717, 1.165) is 154 Å². The van der Waals surface area contributed by atoms with Gasteiger partial charge in [0.1, 0.15) is 0 Å². The predicted molar refractivity (Wildman–Crippen MR) is 247 cm³/mol. The maximum absolute atomic E-state index is 12.4. The largest absolute Gasteiger partial charge is 0.466 e. The topological polar surface area (TPSA) is 105 Å². The van der Waals surface area contributed by atoms with Crippen molar-refractivity contribution in [1.82, 2.24) is 10.2 Å². The minimum atomic E-state index is -0.159. The van der Waals surface area contributed by atoms with Crippen LogP contribution < -0.4 is 5.32 Å². The molecule has 1 rings (SSSR count). The van der Waals surface area contributed by atoms with E-state index in [0.29, 0.717) is 32.1 Å². The lowest BCUT2D eigenvalue weighted by atomic mass is 9.95. The Morgan fingerprint density at radius 1 is 0.483 bits per heavy atom. The van der Waals surface area contributed by atoms with E-state index >= 15 is 0 Å². The van der Waals surface area contributed by atoms with Gasteiger partial charge in [-0.3, -0.25) is 9.59 Å². The lowest BCUT2D eigenvalue weighted by Gasteiger charge is -2.30. The maximum atomic E-state index is 12.4. The number of rotatable bonds is 45. The maximum Gasteiger partial charge on any atom is 0.305 e. The zero-order chi connectivity index (χ0) is 43.6. The smallest absolute Gasteiger partial charge is 0.305 e. The molecule has 1 heterocycles. The summed E-state index contributed by atoms with van der Waals surface area (Å²) < 4.78 is 35.3. The Morgan fingerprint density at radius 2 is 0.850 bits per heavy atom. The summed E-state index contributed by atoms with van der Waals surface area (Å²) in [6.45, 7) is 16.3. The highest BCUT2D eigenvalue weighted by Crippen LogP contribution is 2.18. The number of carbonyl (C=O) groups excluding carboxylic acids is 2. The second kappa shape index (κ2) is 43.0. The van der Waals surface area contributed by atoms with Crippen LogP contribution in [0.5, 0.6) is 0 Å². The van der Waals surface area contributed by atoms with Gasteiger partial charge in [-0.25, -0.2) is 0 Å². The molecule has 0 amide bonds. The van der Waals surface area contributed by atoms with Crippen molar-refractivity contribution in [2.75, 3.05) is 66.3 Å². The van der Waals surface area contributed by atoms with Gasteiger partial charge in [0.25, 0.3) is 0 Å². The molecule has 0 aromatic carbocycles. The van der Waals surface area contributed by atoms with Crippen LogP contribution >= 0.6 is 0 Å². The first kappa shape index (κ1) is 56.7. The Bertz CT molecular complexity index is 850. The fourth-order valence-electron chi connectivity index (χ4n) is 7.66. The van der Waals surface area contributed by atoms with Crippen LogP contribution in [-0.2, 0) is 38.0 Å². The Morgan fingerprint density at radius 3 is 1.23 bits per heavy atom. The van der Waals surface area contributed by atoms with Crippen molar-refractivity contribution >= 4 is 11.9 Å². The minimum absolute atomic E-state index is 0.0852. The second-order valence-electron chi connectivity index (χ2n) is 17.7. The molecule has 356 valence electrons. The molecule has 60 heavy (non-hydrogen) atoms. The van der Waals surface area contributed by atoms with Gasteiger partial charge in [0.15, 0.2) is 12.6 Å². The first-order chi connectivity index (χ1) is 29.4. The number of piperidine rings is 1. The van der Waals surface area contributed by atoms with Crippen LogP contribution in [0.1, 0.15) is 220 Å². The van der Waals surface area contributed by atoms with Crippen molar-refractivity contribution in [3.63, 3.8) is 0 Å². The average molecular weight is 855 g/mol. The molecule has 0 radical (unpaired) electrons. The molecule has 0 aromatic rings. The highest BCUT2D eigenvalue weighted by Gasteiger charge is 2.18. The van der Waals surface area contributed by atoms with Gasteiger partial charge in [-0.05, 0) is 135 Å². The van der Waals surface area contributed by atoms with E-state index in [9.17, 15) is 9.59 Å². The summed E-state index contributed by atoms with van der Waals surface area (Å²) in [7, 11) is 2.22. The van der Waals surface area contributed by atoms with Crippen molar-refractivity contribution in [3.05, 3.63) is 0 Å². The number of carbonyl (C=O) groups is 2. The number of nitrogens with one attached hydrogen (secondary N) is 1. The van der Waals surface area contributed by atoms with Gasteiger partial charge in [0, 0.05) is 45.3 Å². The Balaban J connectivity index is 2.28. The fourth-order valence-corrected chi connectivity index (χ4v) is 7.66. The highest BCUT2D eigenvalue weighted by atomic mass is 16.7. The van der Waals surface area contributed by atoms with Gasteiger partial charge >= 0.3 is 11.9 Å². The number of hydrogen-bond acceptors (Lipinski definition) is 10. The summed E-state index contributed by atoms with van der Waals surface area (Å²) in [6, 6.07) is 0.500. The lowest BCUT2D eigenvalue weighted by molar-refractivity contribution is -0.149. The van der Waals surface area contributed by atoms with Gasteiger partial charge in [-0.15, -0.1) is 0 Å². The molecule has 1 N–H and O–H groups in total. The van der Waals surface area contributed by atoms with E-state index in [1.54, 1.807) is 0 Å². The molecule has 1 aliphatic heterocycles. The molecule has 0 saturated carbocycles. The molecule has 1 fully saturated rings. The molecule has 10 heteroatoms. The standard InChI is InChI=1S/C50H98N2O8/c1-6-10-22-40-57-49(58-41-23-11-7-2)32-20-18-30-47(53)55-38-26-14-16-28-46(51-44-45-34-36-52(5)37-35-45)29-17-15-27-39-56-48(54)31-19-21-33-50(59-42-24-12-8-3)60-43-25-13-9-4/h45-46,49-51H,6-44H2,1-5H3. The van der Waals surface area contributed by atoms with Gasteiger partial charge in [0.05, 0.1) is 13.2 Å². The zero-order valence-electron chi connectivity index (χ0n) is 40.1. The lowest BCUT2D eigenvalue weighted by Crippen LogP contribution is -2.38. The fraction of sp³-hybridized carbons (Fsp3) is 0.960. The van der Waals surface area contributed by atoms with Crippen molar-refractivity contribution < 1.29 is 38.0 Å². The molecule has 0 aromatic heterocycles. The number of esters is 2. The molecule has 1 aliphatic rings. The summed E-state index contributed by atoms with van der Waals surface area (Å²) in [6.07, 6.45) is 30.5. The van der Waals surface area contributed by atoms with E-state index in [4.69, 9.17) is 28.4 Å². The van der Waals surface area contributed by atoms with Crippen molar-refractivity contribution in [1.29, 1.82) is 0 Å². The quantitative estimate of drug-likeness (QED) is 0.0362. The Hall–Kier alpha value is -1.30. The number of hydrogen-bond donors (Lipinski definition) is 1. The third kappa shape index (κ3) is 36.2. The number of nitrogens with zero attached hydrogens (tertiary/aromatic N) is 1. The summed E-state index contributed by atoms with van der Waals surface area (Å²) >= 11 is 0. The molecule has 0 bridgehead atoms. The van der Waals surface area contributed by atoms with Crippen molar-refractivity contribution in [2.45, 2.75) is 239 Å². The average Bonchev–Trinajstić information content (AvgIpc) is 3.25. The molecular weight excluding hydrogens is 757 g/mol. The number of unbranched alkanes of at least 4 members (excludes halogenated alkanes) is 14. The minimum Gasteiger partial charge on any atom is -0.466 e. The van der Waals surface area contributed by atoms with E-state index in [1.807, 2.05) is 0 Å². The highest BCUT2D eigenvalue weighted by molar-refractivity contribution is 5.69. The van der Waals surface area contributed by atoms with Gasteiger partial charge in [0.2, 0.25) is 0 Å². The normalized spacial score (nSPS) is 13.9. The van der Waals surface area contributed by atoms with Crippen molar-refractivity contribution in [2.24, 2.45) is 5.92 Å². The predicted octanol–water partition coefficient (Wildman–Crippen LogP) is 12.1. The first-order valence-corrected chi connectivity index (χ1v) is 25.6. The van der Waals surface area contributed by atoms with E-state index in [1.165, 1.54) is 77.3 Å². The monoisotopic (exact) mass is 855 g/mol. The van der Waals surface area contributed by atoms with Crippen LogP contribution in [0, 0.1) is 5.92 Å². The molecular formula is C50H98N2O8. The zero-order valence-corrected chi connectivity index (χ0v) is 40.1.